The molecule has 2 aromatic heterocycles. The SMILES string of the molecule is CN(C)c1nc2cc(C(=O)O)c(=O)n(C)c2s1. The zero-order valence-corrected chi connectivity index (χ0v) is 10.4. The van der Waals surface area contributed by atoms with E-state index in [1.165, 1.54) is 22.0 Å². The number of carbonyl (C=O) groups is 1. The van der Waals surface area contributed by atoms with Crippen molar-refractivity contribution in [2.24, 2.45) is 7.05 Å². The third kappa shape index (κ3) is 1.78. The molecule has 7 heteroatoms. The van der Waals surface area contributed by atoms with Gasteiger partial charge in [-0.1, -0.05) is 11.3 Å². The lowest BCUT2D eigenvalue weighted by Gasteiger charge is -2.04. The van der Waals surface area contributed by atoms with Crippen LogP contribution in [0.15, 0.2) is 10.9 Å². The molecule has 17 heavy (non-hydrogen) atoms. The molecule has 6 nitrogen and oxygen atoms in total. The fourth-order valence-electron chi connectivity index (χ4n) is 1.46. The van der Waals surface area contributed by atoms with Gasteiger partial charge in [0.2, 0.25) is 0 Å². The van der Waals surface area contributed by atoms with Crippen molar-refractivity contribution in [3.05, 3.63) is 22.0 Å². The molecule has 2 aromatic rings. The van der Waals surface area contributed by atoms with E-state index < -0.39 is 11.5 Å². The van der Waals surface area contributed by atoms with Gasteiger partial charge in [0, 0.05) is 21.1 Å². The molecule has 0 aliphatic carbocycles. The topological polar surface area (TPSA) is 75.4 Å². The molecule has 1 N–H and O–H groups in total. The van der Waals surface area contributed by atoms with Gasteiger partial charge in [0.1, 0.15) is 15.9 Å². The highest BCUT2D eigenvalue weighted by Gasteiger charge is 2.16. The van der Waals surface area contributed by atoms with Crippen molar-refractivity contribution >= 4 is 32.8 Å². The molecule has 0 atom stereocenters. The maximum atomic E-state index is 11.8. The average molecular weight is 253 g/mol. The van der Waals surface area contributed by atoms with E-state index in [-0.39, 0.29) is 5.56 Å². The minimum Gasteiger partial charge on any atom is -0.477 e. The van der Waals surface area contributed by atoms with E-state index in [2.05, 4.69) is 4.98 Å². The minimum absolute atomic E-state index is 0.254. The van der Waals surface area contributed by atoms with Crippen LogP contribution in [0.25, 0.3) is 10.3 Å². The summed E-state index contributed by atoms with van der Waals surface area (Å²) in [5.41, 5.74) is -0.243. The van der Waals surface area contributed by atoms with Crippen molar-refractivity contribution < 1.29 is 9.90 Å². The molecule has 0 aliphatic heterocycles. The molecule has 0 saturated carbocycles. The van der Waals surface area contributed by atoms with Crippen LogP contribution in [0.4, 0.5) is 5.13 Å². The van der Waals surface area contributed by atoms with E-state index in [1.807, 2.05) is 19.0 Å². The lowest BCUT2D eigenvalue weighted by Crippen LogP contribution is -2.23. The summed E-state index contributed by atoms with van der Waals surface area (Å²) in [4.78, 5) is 29.4. The number of carboxylic acids is 1. The van der Waals surface area contributed by atoms with Crippen molar-refractivity contribution in [1.82, 2.24) is 9.55 Å². The van der Waals surface area contributed by atoms with E-state index in [9.17, 15) is 9.59 Å². The number of nitrogens with zero attached hydrogens (tertiary/aromatic N) is 3. The third-order valence-corrected chi connectivity index (χ3v) is 3.67. The Hall–Kier alpha value is -1.89. The highest BCUT2D eigenvalue weighted by Crippen LogP contribution is 2.26. The zero-order valence-electron chi connectivity index (χ0n) is 9.59. The van der Waals surface area contributed by atoms with Crippen LogP contribution >= 0.6 is 11.3 Å². The Bertz CT molecular complexity index is 657. The first-order valence-electron chi connectivity index (χ1n) is 4.83. The molecule has 0 aromatic carbocycles. The highest BCUT2D eigenvalue weighted by molar-refractivity contribution is 7.21. The molecule has 0 aliphatic rings. The molecular weight excluding hydrogens is 242 g/mol. The van der Waals surface area contributed by atoms with Gasteiger partial charge in [-0.15, -0.1) is 0 Å². The van der Waals surface area contributed by atoms with E-state index in [0.717, 1.165) is 5.13 Å². The van der Waals surface area contributed by atoms with Gasteiger partial charge in [-0.2, -0.15) is 0 Å². The smallest absolute Gasteiger partial charge is 0.341 e. The number of rotatable bonds is 2. The number of thiazole rings is 1. The van der Waals surface area contributed by atoms with Crippen molar-refractivity contribution in [1.29, 1.82) is 0 Å². The van der Waals surface area contributed by atoms with Crippen molar-refractivity contribution in [2.75, 3.05) is 19.0 Å². The van der Waals surface area contributed by atoms with Crippen LogP contribution in [0.1, 0.15) is 10.4 Å². The van der Waals surface area contributed by atoms with E-state index in [4.69, 9.17) is 5.11 Å². The van der Waals surface area contributed by atoms with E-state index in [1.54, 1.807) is 7.05 Å². The second-order valence-electron chi connectivity index (χ2n) is 3.81. The Morgan fingerprint density at radius 1 is 1.53 bits per heavy atom. The first kappa shape index (κ1) is 11.6. The zero-order chi connectivity index (χ0) is 12.7. The number of pyridine rings is 1. The number of aromatic carboxylic acids is 1. The molecule has 0 amide bonds. The summed E-state index contributed by atoms with van der Waals surface area (Å²) < 4.78 is 1.32. The largest absolute Gasteiger partial charge is 0.477 e. The van der Waals surface area contributed by atoms with E-state index >= 15 is 0 Å². The lowest BCUT2D eigenvalue weighted by atomic mass is 10.2. The monoisotopic (exact) mass is 253 g/mol. The Morgan fingerprint density at radius 2 is 2.18 bits per heavy atom. The minimum atomic E-state index is -1.23. The van der Waals surface area contributed by atoms with Crippen molar-refractivity contribution in [3.63, 3.8) is 0 Å². The first-order valence-corrected chi connectivity index (χ1v) is 5.64. The summed E-state index contributed by atoms with van der Waals surface area (Å²) in [6.07, 6.45) is 0. The number of carboxylic acid groups (broad SMARTS) is 1. The van der Waals surface area contributed by atoms with Crippen LogP contribution in [-0.2, 0) is 7.05 Å². The fourth-order valence-corrected chi connectivity index (χ4v) is 2.39. The summed E-state index contributed by atoms with van der Waals surface area (Å²) in [5.74, 6) is -1.23. The number of aromatic nitrogens is 2. The van der Waals surface area contributed by atoms with Crippen LogP contribution in [-0.4, -0.2) is 34.7 Å². The number of anilines is 1. The van der Waals surface area contributed by atoms with Crippen LogP contribution < -0.4 is 10.5 Å². The summed E-state index contributed by atoms with van der Waals surface area (Å²) >= 11 is 1.35. The molecule has 2 rings (SSSR count). The van der Waals surface area contributed by atoms with Crippen LogP contribution in [0.2, 0.25) is 0 Å². The van der Waals surface area contributed by atoms with Gasteiger partial charge in [-0.25, -0.2) is 9.78 Å². The van der Waals surface area contributed by atoms with Gasteiger partial charge in [0.15, 0.2) is 5.13 Å². The Morgan fingerprint density at radius 3 is 2.71 bits per heavy atom. The average Bonchev–Trinajstić information content (AvgIpc) is 2.67. The third-order valence-electron chi connectivity index (χ3n) is 2.36. The van der Waals surface area contributed by atoms with E-state index in [0.29, 0.717) is 10.3 Å². The quantitative estimate of drug-likeness (QED) is 0.855. The van der Waals surface area contributed by atoms with Gasteiger partial charge in [0.05, 0.1) is 0 Å². The predicted molar refractivity (Wildman–Crippen MR) is 66.1 cm³/mol. The van der Waals surface area contributed by atoms with Crippen molar-refractivity contribution in [2.45, 2.75) is 0 Å². The molecule has 0 bridgehead atoms. The van der Waals surface area contributed by atoms with Crippen LogP contribution in [0, 0.1) is 0 Å². The molecule has 0 spiro atoms. The number of hydrogen-bond acceptors (Lipinski definition) is 5. The second kappa shape index (κ2) is 3.85. The number of fused-ring (bicyclic) bond motifs is 1. The predicted octanol–water partition coefficient (Wildman–Crippen LogP) is 0.759. The highest BCUT2D eigenvalue weighted by atomic mass is 32.1. The summed E-state index contributed by atoms with van der Waals surface area (Å²) in [7, 11) is 5.23. The molecule has 2 heterocycles. The normalized spacial score (nSPS) is 10.8. The van der Waals surface area contributed by atoms with Crippen LogP contribution in [0.5, 0.6) is 0 Å². The van der Waals surface area contributed by atoms with Gasteiger partial charge in [-0.3, -0.25) is 4.79 Å². The van der Waals surface area contributed by atoms with Crippen molar-refractivity contribution in [3.8, 4) is 0 Å². The van der Waals surface area contributed by atoms with Gasteiger partial charge >= 0.3 is 5.97 Å². The first-order chi connectivity index (χ1) is 7.91. The summed E-state index contributed by atoms with van der Waals surface area (Å²) in [5, 5.41) is 9.65. The maximum Gasteiger partial charge on any atom is 0.341 e. The summed E-state index contributed by atoms with van der Waals surface area (Å²) in [6, 6.07) is 1.32. The fraction of sp³-hybridized carbons (Fsp3) is 0.300. The molecule has 0 saturated heterocycles. The van der Waals surface area contributed by atoms with Gasteiger partial charge in [-0.05, 0) is 6.07 Å². The Labute approximate surface area is 101 Å². The molecular formula is C10H11N3O3S. The molecule has 0 unspecified atom stereocenters. The standard InChI is InChI=1S/C10H11N3O3S/c1-12(2)10-11-6-4-5(9(15)16)7(14)13(3)8(6)17-10/h4H,1-3H3,(H,15,16). The molecule has 0 fully saturated rings. The Balaban J connectivity index is 2.82. The number of aryl methyl sites for hydroxylation is 1. The number of hydrogen-bond donors (Lipinski definition) is 1. The van der Waals surface area contributed by atoms with Gasteiger partial charge < -0.3 is 14.6 Å². The van der Waals surface area contributed by atoms with Gasteiger partial charge in [0.25, 0.3) is 5.56 Å². The Kier molecular flexibility index (Phi) is 2.62. The van der Waals surface area contributed by atoms with Crippen LogP contribution in [0.3, 0.4) is 0 Å². The lowest BCUT2D eigenvalue weighted by molar-refractivity contribution is 0.0694. The molecule has 0 radical (unpaired) electrons. The summed E-state index contributed by atoms with van der Waals surface area (Å²) in [6.45, 7) is 0. The second-order valence-corrected chi connectivity index (χ2v) is 4.76. The molecule has 90 valence electrons. The maximum absolute atomic E-state index is 11.8.